The fourth-order valence-corrected chi connectivity index (χ4v) is 3.57. The van der Waals surface area contributed by atoms with Gasteiger partial charge in [0.1, 0.15) is 5.82 Å². The summed E-state index contributed by atoms with van der Waals surface area (Å²) in [7, 11) is 0. The maximum atomic E-state index is 13.1. The molecular weight excluding hydrogens is 392 g/mol. The molecule has 156 valence electrons. The number of carboxylic acids is 1. The van der Waals surface area contributed by atoms with Crippen LogP contribution in [0.25, 0.3) is 22.3 Å². The van der Waals surface area contributed by atoms with Crippen molar-refractivity contribution in [3.8, 4) is 11.1 Å². The van der Waals surface area contributed by atoms with Crippen LogP contribution in [0.3, 0.4) is 0 Å². The van der Waals surface area contributed by atoms with Crippen molar-refractivity contribution < 1.29 is 9.90 Å². The normalized spacial score (nSPS) is 11.0. The van der Waals surface area contributed by atoms with Gasteiger partial charge in [-0.05, 0) is 29.2 Å². The highest BCUT2D eigenvalue weighted by atomic mass is 16.4. The predicted octanol–water partition coefficient (Wildman–Crippen LogP) is 3.94. The second-order valence-corrected chi connectivity index (χ2v) is 7.30. The fraction of sp³-hybridized carbons (Fsp3) is 0.208. The molecule has 0 aliphatic rings. The summed E-state index contributed by atoms with van der Waals surface area (Å²) in [6.07, 6.45) is 5.63. The number of aromatic nitrogens is 4. The van der Waals surface area contributed by atoms with E-state index in [9.17, 15) is 14.7 Å². The Morgan fingerprint density at radius 1 is 1.03 bits per heavy atom. The molecule has 2 aromatic carbocycles. The van der Waals surface area contributed by atoms with Crippen LogP contribution < -0.4 is 5.56 Å². The van der Waals surface area contributed by atoms with Gasteiger partial charge in [-0.15, -0.1) is 0 Å². The van der Waals surface area contributed by atoms with E-state index in [1.165, 1.54) is 12.4 Å². The monoisotopic (exact) mass is 414 g/mol. The second-order valence-electron chi connectivity index (χ2n) is 7.30. The molecule has 0 atom stereocenters. The minimum Gasteiger partial charge on any atom is -0.478 e. The molecule has 4 aromatic rings. The van der Waals surface area contributed by atoms with Crippen molar-refractivity contribution in [2.75, 3.05) is 0 Å². The number of hydrogen-bond donors (Lipinski definition) is 1. The van der Waals surface area contributed by atoms with Crippen LogP contribution in [0.4, 0.5) is 0 Å². The van der Waals surface area contributed by atoms with E-state index in [4.69, 9.17) is 0 Å². The molecule has 0 saturated heterocycles. The van der Waals surface area contributed by atoms with Gasteiger partial charge in [0.15, 0.2) is 11.2 Å². The number of benzene rings is 2. The van der Waals surface area contributed by atoms with Gasteiger partial charge in [-0.25, -0.2) is 19.7 Å². The first-order valence-electron chi connectivity index (χ1n) is 10.2. The van der Waals surface area contributed by atoms with Gasteiger partial charge in [0.25, 0.3) is 5.56 Å². The first kappa shape index (κ1) is 20.4. The minimum absolute atomic E-state index is 0.204. The van der Waals surface area contributed by atoms with Crippen LogP contribution in [0.1, 0.15) is 41.5 Å². The third-order valence-electron chi connectivity index (χ3n) is 5.19. The molecule has 2 heterocycles. The number of aromatic carboxylic acids is 1. The summed E-state index contributed by atoms with van der Waals surface area (Å²) >= 11 is 0. The number of nitrogens with zero attached hydrogens (tertiary/aromatic N) is 4. The Morgan fingerprint density at radius 2 is 1.77 bits per heavy atom. The average molecular weight is 414 g/mol. The molecule has 7 nitrogen and oxygen atoms in total. The quantitative estimate of drug-likeness (QED) is 0.492. The Bertz CT molecular complexity index is 1300. The zero-order valence-electron chi connectivity index (χ0n) is 17.2. The van der Waals surface area contributed by atoms with Crippen molar-refractivity contribution in [1.29, 1.82) is 0 Å². The molecule has 0 saturated carbocycles. The number of unbranched alkanes of at least 4 members (excludes halogenated alkanes) is 1. The molecule has 0 aliphatic heterocycles. The Labute approximate surface area is 179 Å². The Morgan fingerprint density at radius 3 is 2.52 bits per heavy atom. The van der Waals surface area contributed by atoms with Gasteiger partial charge in [0.2, 0.25) is 0 Å². The molecule has 2 aromatic heterocycles. The lowest BCUT2D eigenvalue weighted by atomic mass is 9.99. The molecule has 0 spiro atoms. The van der Waals surface area contributed by atoms with Gasteiger partial charge in [-0.1, -0.05) is 55.8 Å². The molecule has 7 heteroatoms. The second kappa shape index (κ2) is 8.87. The van der Waals surface area contributed by atoms with E-state index < -0.39 is 5.97 Å². The number of carboxylic acid groups (broad SMARTS) is 1. The molecule has 0 aliphatic carbocycles. The van der Waals surface area contributed by atoms with Gasteiger partial charge >= 0.3 is 5.97 Å². The van der Waals surface area contributed by atoms with Gasteiger partial charge < -0.3 is 5.11 Å². The topological polar surface area (TPSA) is 98.0 Å². The smallest absolute Gasteiger partial charge is 0.336 e. The maximum Gasteiger partial charge on any atom is 0.336 e. The summed E-state index contributed by atoms with van der Waals surface area (Å²) in [4.78, 5) is 37.5. The van der Waals surface area contributed by atoms with Crippen LogP contribution in [0.5, 0.6) is 0 Å². The highest BCUT2D eigenvalue weighted by molar-refractivity contribution is 5.96. The number of rotatable bonds is 7. The molecule has 0 fully saturated rings. The van der Waals surface area contributed by atoms with Gasteiger partial charge in [-0.2, -0.15) is 0 Å². The summed E-state index contributed by atoms with van der Waals surface area (Å²) in [5.74, 6) is -0.268. The summed E-state index contributed by atoms with van der Waals surface area (Å²) in [6.45, 7) is 2.45. The fourth-order valence-electron chi connectivity index (χ4n) is 3.57. The molecular formula is C24H22N4O3. The SMILES string of the molecule is CCCCc1nc2nccnc2c(=O)n1Cc1ccc(-c2ccccc2C(=O)O)cc1. The lowest BCUT2D eigenvalue weighted by Crippen LogP contribution is -2.27. The number of carbonyl (C=O) groups is 1. The minimum atomic E-state index is -0.963. The molecule has 31 heavy (non-hydrogen) atoms. The average Bonchev–Trinajstić information content (AvgIpc) is 2.80. The van der Waals surface area contributed by atoms with E-state index in [1.54, 1.807) is 22.8 Å². The zero-order chi connectivity index (χ0) is 21.8. The van der Waals surface area contributed by atoms with Crippen molar-refractivity contribution in [2.45, 2.75) is 32.7 Å². The summed E-state index contributed by atoms with van der Waals surface area (Å²) in [6, 6.07) is 14.5. The molecule has 0 radical (unpaired) electrons. The van der Waals surface area contributed by atoms with Crippen LogP contribution in [0, 0.1) is 0 Å². The highest BCUT2D eigenvalue weighted by Gasteiger charge is 2.14. The van der Waals surface area contributed by atoms with Gasteiger partial charge in [-0.3, -0.25) is 9.36 Å². The third-order valence-corrected chi connectivity index (χ3v) is 5.19. The Hall–Kier alpha value is -3.87. The van der Waals surface area contributed by atoms with Gasteiger partial charge in [0, 0.05) is 18.8 Å². The van der Waals surface area contributed by atoms with E-state index in [-0.39, 0.29) is 16.6 Å². The van der Waals surface area contributed by atoms with Crippen LogP contribution in [-0.4, -0.2) is 30.6 Å². The first-order valence-corrected chi connectivity index (χ1v) is 10.2. The molecule has 0 bridgehead atoms. The third kappa shape index (κ3) is 4.21. The first-order chi connectivity index (χ1) is 15.1. The van der Waals surface area contributed by atoms with Crippen molar-refractivity contribution >= 4 is 17.1 Å². The molecule has 0 amide bonds. The lowest BCUT2D eigenvalue weighted by Gasteiger charge is -2.13. The Balaban J connectivity index is 1.70. The summed E-state index contributed by atoms with van der Waals surface area (Å²) < 4.78 is 1.66. The zero-order valence-corrected chi connectivity index (χ0v) is 17.2. The number of fused-ring (bicyclic) bond motifs is 1. The van der Waals surface area contributed by atoms with E-state index in [0.29, 0.717) is 30.0 Å². The van der Waals surface area contributed by atoms with E-state index in [1.807, 2.05) is 30.3 Å². The van der Waals surface area contributed by atoms with Crippen LogP contribution in [0.15, 0.2) is 65.7 Å². The van der Waals surface area contributed by atoms with Crippen LogP contribution in [-0.2, 0) is 13.0 Å². The molecule has 0 unspecified atom stereocenters. The summed E-state index contributed by atoms with van der Waals surface area (Å²) in [5, 5.41) is 9.44. The summed E-state index contributed by atoms with van der Waals surface area (Å²) in [5.41, 5.74) is 3.06. The van der Waals surface area contributed by atoms with E-state index in [2.05, 4.69) is 21.9 Å². The van der Waals surface area contributed by atoms with Crippen molar-refractivity contribution in [2.24, 2.45) is 0 Å². The lowest BCUT2D eigenvalue weighted by molar-refractivity contribution is 0.0697. The predicted molar refractivity (Wildman–Crippen MR) is 118 cm³/mol. The standard InChI is InChI=1S/C24H22N4O3/c1-2-3-8-20-27-22-21(25-13-14-26-22)23(29)28(20)15-16-9-11-17(12-10-16)18-6-4-5-7-19(18)24(30)31/h4-7,9-14H,2-3,8,15H2,1H3,(H,30,31). The van der Waals surface area contributed by atoms with Gasteiger partial charge in [0.05, 0.1) is 12.1 Å². The number of hydrogen-bond acceptors (Lipinski definition) is 5. The van der Waals surface area contributed by atoms with Crippen LogP contribution in [0.2, 0.25) is 0 Å². The highest BCUT2D eigenvalue weighted by Crippen LogP contribution is 2.24. The van der Waals surface area contributed by atoms with Crippen molar-refractivity contribution in [3.63, 3.8) is 0 Å². The molecule has 4 rings (SSSR count). The van der Waals surface area contributed by atoms with E-state index in [0.717, 1.165) is 24.0 Å². The molecule has 1 N–H and O–H groups in total. The number of aryl methyl sites for hydroxylation is 1. The van der Waals surface area contributed by atoms with Crippen molar-refractivity contribution in [3.05, 3.63) is 88.2 Å². The van der Waals surface area contributed by atoms with E-state index >= 15 is 0 Å². The van der Waals surface area contributed by atoms with Crippen molar-refractivity contribution in [1.82, 2.24) is 19.5 Å². The van der Waals surface area contributed by atoms with Crippen LogP contribution >= 0.6 is 0 Å². The maximum absolute atomic E-state index is 13.1. The Kier molecular flexibility index (Phi) is 5.84. The largest absolute Gasteiger partial charge is 0.478 e.